The van der Waals surface area contributed by atoms with E-state index in [2.05, 4.69) is 21.2 Å². The second-order valence-electron chi connectivity index (χ2n) is 4.10. The van der Waals surface area contributed by atoms with Gasteiger partial charge >= 0.3 is 0 Å². The normalized spacial score (nSPS) is 15.0. The molecule has 0 aromatic heterocycles. The van der Waals surface area contributed by atoms with Crippen molar-refractivity contribution >= 4 is 45.0 Å². The Bertz CT molecular complexity index is 493. The van der Waals surface area contributed by atoms with Crippen LogP contribution in [0, 0.1) is 0 Å². The number of carbonyl (C=O) groups excluding carboxylic acids is 2. The van der Waals surface area contributed by atoms with Crippen LogP contribution in [0.1, 0.15) is 12.8 Å². The maximum Gasteiger partial charge on any atom is 0.243 e. The van der Waals surface area contributed by atoms with E-state index in [-0.39, 0.29) is 18.4 Å². The molecule has 1 aliphatic heterocycles. The summed E-state index contributed by atoms with van der Waals surface area (Å²) < 4.78 is 0.721. The van der Waals surface area contributed by atoms with Gasteiger partial charge in [-0.05, 0) is 40.5 Å². The van der Waals surface area contributed by atoms with Gasteiger partial charge in [0.25, 0.3) is 0 Å². The van der Waals surface area contributed by atoms with Gasteiger partial charge in [0.1, 0.15) is 0 Å². The molecule has 0 atom stereocenters. The zero-order valence-electron chi connectivity index (χ0n) is 9.58. The molecule has 1 aliphatic rings. The number of benzene rings is 1. The van der Waals surface area contributed by atoms with E-state index in [1.807, 2.05) is 0 Å². The molecule has 96 valence electrons. The largest absolute Gasteiger partial charge is 0.333 e. The van der Waals surface area contributed by atoms with Crippen molar-refractivity contribution in [2.45, 2.75) is 12.8 Å². The van der Waals surface area contributed by atoms with E-state index in [0.29, 0.717) is 23.7 Å². The van der Waals surface area contributed by atoms with Crippen LogP contribution in [0.2, 0.25) is 5.02 Å². The number of likely N-dealkylation sites (tertiary alicyclic amines) is 1. The number of hydrogen-bond donors (Lipinski definition) is 1. The van der Waals surface area contributed by atoms with Crippen molar-refractivity contribution in [1.82, 2.24) is 4.90 Å². The molecular formula is C12H12BrClN2O2. The van der Waals surface area contributed by atoms with Gasteiger partial charge in [0.15, 0.2) is 0 Å². The molecule has 0 saturated carbocycles. The van der Waals surface area contributed by atoms with E-state index in [1.54, 1.807) is 23.1 Å². The summed E-state index contributed by atoms with van der Waals surface area (Å²) in [5.41, 5.74) is 0.655. The van der Waals surface area contributed by atoms with Crippen LogP contribution in [0.25, 0.3) is 0 Å². The zero-order valence-corrected chi connectivity index (χ0v) is 11.9. The van der Waals surface area contributed by atoms with Crippen molar-refractivity contribution in [3.8, 4) is 0 Å². The fourth-order valence-electron chi connectivity index (χ4n) is 1.82. The van der Waals surface area contributed by atoms with Gasteiger partial charge in [0.05, 0.1) is 11.6 Å². The van der Waals surface area contributed by atoms with E-state index in [4.69, 9.17) is 11.6 Å². The molecule has 0 radical (unpaired) electrons. The molecule has 6 heteroatoms. The molecule has 18 heavy (non-hydrogen) atoms. The summed E-state index contributed by atoms with van der Waals surface area (Å²) in [6.45, 7) is 0.773. The Labute approximate surface area is 118 Å². The first-order valence-corrected chi connectivity index (χ1v) is 6.76. The highest BCUT2D eigenvalue weighted by Gasteiger charge is 2.22. The summed E-state index contributed by atoms with van der Waals surface area (Å²) in [6.07, 6.45) is 1.37. The molecule has 0 bridgehead atoms. The van der Waals surface area contributed by atoms with Crippen LogP contribution in [0.3, 0.4) is 0 Å². The van der Waals surface area contributed by atoms with Crippen LogP contribution in [-0.2, 0) is 9.59 Å². The zero-order chi connectivity index (χ0) is 13.1. The molecule has 1 N–H and O–H groups in total. The standard InChI is InChI=1S/C12H12BrClN2O2/c13-9-6-8(3-4-10(9)14)15-11(17)7-16-5-1-2-12(16)18/h3-4,6H,1-2,5,7H2,(H,15,17). The van der Waals surface area contributed by atoms with Crippen molar-refractivity contribution in [1.29, 1.82) is 0 Å². The maximum atomic E-state index is 11.8. The van der Waals surface area contributed by atoms with Crippen molar-refractivity contribution in [2.24, 2.45) is 0 Å². The van der Waals surface area contributed by atoms with Crippen molar-refractivity contribution in [2.75, 3.05) is 18.4 Å². The van der Waals surface area contributed by atoms with Gasteiger partial charge in [-0.3, -0.25) is 9.59 Å². The van der Waals surface area contributed by atoms with E-state index in [0.717, 1.165) is 10.9 Å². The molecule has 1 heterocycles. The van der Waals surface area contributed by atoms with Gasteiger partial charge in [-0.25, -0.2) is 0 Å². The number of carbonyl (C=O) groups is 2. The second kappa shape index (κ2) is 5.71. The first-order chi connectivity index (χ1) is 8.56. The van der Waals surface area contributed by atoms with Crippen LogP contribution in [-0.4, -0.2) is 29.8 Å². The highest BCUT2D eigenvalue weighted by atomic mass is 79.9. The SMILES string of the molecule is O=C(CN1CCCC1=O)Nc1ccc(Cl)c(Br)c1. The summed E-state index contributed by atoms with van der Waals surface area (Å²) >= 11 is 9.15. The fraction of sp³-hybridized carbons (Fsp3) is 0.333. The number of hydrogen-bond acceptors (Lipinski definition) is 2. The second-order valence-corrected chi connectivity index (χ2v) is 5.36. The molecule has 1 aromatic carbocycles. The summed E-state index contributed by atoms with van der Waals surface area (Å²) in [5, 5.41) is 3.32. The van der Waals surface area contributed by atoms with Gasteiger partial charge < -0.3 is 10.2 Å². The Hall–Kier alpha value is -1.07. The lowest BCUT2D eigenvalue weighted by molar-refractivity contribution is -0.131. The highest BCUT2D eigenvalue weighted by molar-refractivity contribution is 9.10. The smallest absolute Gasteiger partial charge is 0.243 e. The van der Waals surface area contributed by atoms with E-state index in [1.165, 1.54) is 0 Å². The lowest BCUT2D eigenvalue weighted by Gasteiger charge is -2.15. The Kier molecular flexibility index (Phi) is 4.24. The van der Waals surface area contributed by atoms with Crippen LogP contribution in [0.15, 0.2) is 22.7 Å². The summed E-state index contributed by atoms with van der Waals surface area (Å²) in [6, 6.07) is 5.14. The summed E-state index contributed by atoms with van der Waals surface area (Å²) in [4.78, 5) is 24.7. The van der Waals surface area contributed by atoms with Crippen LogP contribution >= 0.6 is 27.5 Å². The monoisotopic (exact) mass is 330 g/mol. The Morgan fingerprint density at radius 1 is 1.50 bits per heavy atom. The predicted molar refractivity (Wildman–Crippen MR) is 73.6 cm³/mol. The molecular weight excluding hydrogens is 320 g/mol. The third-order valence-electron chi connectivity index (χ3n) is 2.71. The lowest BCUT2D eigenvalue weighted by atomic mass is 10.3. The van der Waals surface area contributed by atoms with Gasteiger partial charge in [-0.15, -0.1) is 0 Å². The molecule has 0 aliphatic carbocycles. The first-order valence-electron chi connectivity index (χ1n) is 5.59. The third kappa shape index (κ3) is 3.23. The minimum Gasteiger partial charge on any atom is -0.333 e. The molecule has 1 aromatic rings. The molecule has 1 fully saturated rings. The van der Waals surface area contributed by atoms with E-state index >= 15 is 0 Å². The molecule has 0 unspecified atom stereocenters. The summed E-state index contributed by atoms with van der Waals surface area (Å²) in [7, 11) is 0. The van der Waals surface area contributed by atoms with E-state index < -0.39 is 0 Å². The minimum atomic E-state index is -0.195. The number of halogens is 2. The molecule has 0 spiro atoms. The van der Waals surface area contributed by atoms with Gasteiger partial charge in [0, 0.05) is 23.1 Å². The molecule has 1 saturated heterocycles. The predicted octanol–water partition coefficient (Wildman–Crippen LogP) is 2.66. The minimum absolute atomic E-state index is 0.0439. The Morgan fingerprint density at radius 2 is 2.28 bits per heavy atom. The number of amides is 2. The first kappa shape index (κ1) is 13.4. The van der Waals surface area contributed by atoms with Crippen LogP contribution in [0.5, 0.6) is 0 Å². The average Bonchev–Trinajstić information content (AvgIpc) is 2.70. The molecule has 4 nitrogen and oxygen atoms in total. The van der Waals surface area contributed by atoms with Gasteiger partial charge in [0.2, 0.25) is 11.8 Å². The number of nitrogens with one attached hydrogen (secondary N) is 1. The van der Waals surface area contributed by atoms with Crippen molar-refractivity contribution in [3.63, 3.8) is 0 Å². The number of anilines is 1. The Morgan fingerprint density at radius 3 is 2.89 bits per heavy atom. The lowest BCUT2D eigenvalue weighted by Crippen LogP contribution is -2.33. The van der Waals surface area contributed by atoms with E-state index in [9.17, 15) is 9.59 Å². The Balaban J connectivity index is 1.94. The fourth-order valence-corrected chi connectivity index (χ4v) is 2.32. The van der Waals surface area contributed by atoms with Gasteiger partial charge in [-0.1, -0.05) is 11.6 Å². The van der Waals surface area contributed by atoms with Crippen LogP contribution in [0.4, 0.5) is 5.69 Å². The average molecular weight is 332 g/mol. The molecule has 2 rings (SSSR count). The topological polar surface area (TPSA) is 49.4 Å². The van der Waals surface area contributed by atoms with Crippen LogP contribution < -0.4 is 5.32 Å². The highest BCUT2D eigenvalue weighted by Crippen LogP contribution is 2.25. The summed E-state index contributed by atoms with van der Waals surface area (Å²) in [5.74, 6) is -0.151. The molecule has 2 amide bonds. The number of rotatable bonds is 3. The van der Waals surface area contributed by atoms with Crippen molar-refractivity contribution in [3.05, 3.63) is 27.7 Å². The number of nitrogens with zero attached hydrogens (tertiary/aromatic N) is 1. The third-order valence-corrected chi connectivity index (χ3v) is 3.92. The van der Waals surface area contributed by atoms with Gasteiger partial charge in [-0.2, -0.15) is 0 Å². The van der Waals surface area contributed by atoms with Crippen molar-refractivity contribution < 1.29 is 9.59 Å². The maximum absolute atomic E-state index is 11.8. The quantitative estimate of drug-likeness (QED) is 0.926.